The van der Waals surface area contributed by atoms with Crippen molar-refractivity contribution in [1.29, 1.82) is 0 Å². The summed E-state index contributed by atoms with van der Waals surface area (Å²) in [6.45, 7) is 4.33. The van der Waals surface area contributed by atoms with Crippen LogP contribution < -0.4 is 11.3 Å². The van der Waals surface area contributed by atoms with Crippen molar-refractivity contribution < 1.29 is 0 Å². The summed E-state index contributed by atoms with van der Waals surface area (Å²) in [6, 6.07) is 0.147. The van der Waals surface area contributed by atoms with Crippen LogP contribution in [-0.2, 0) is 0 Å². The summed E-state index contributed by atoms with van der Waals surface area (Å²) in [6.07, 6.45) is 3.99. The number of hydrazine groups is 1. The van der Waals surface area contributed by atoms with Crippen LogP contribution in [0.5, 0.6) is 0 Å². The van der Waals surface area contributed by atoms with Gasteiger partial charge in [-0.1, -0.05) is 26.7 Å². The second-order valence-electron chi connectivity index (χ2n) is 3.05. The van der Waals surface area contributed by atoms with Gasteiger partial charge in [-0.2, -0.15) is 8.75 Å². The third-order valence-electron chi connectivity index (χ3n) is 2.40. The van der Waals surface area contributed by atoms with Gasteiger partial charge < -0.3 is 0 Å². The van der Waals surface area contributed by atoms with Gasteiger partial charge in [0.05, 0.1) is 29.7 Å². The molecule has 1 aromatic heterocycles. The summed E-state index contributed by atoms with van der Waals surface area (Å²) in [4.78, 5) is 0. The topological polar surface area (TPSA) is 63.8 Å². The van der Waals surface area contributed by atoms with E-state index in [1.54, 1.807) is 6.20 Å². The predicted molar refractivity (Wildman–Crippen MR) is 54.0 cm³/mol. The van der Waals surface area contributed by atoms with Crippen LogP contribution in [0.25, 0.3) is 0 Å². The summed E-state index contributed by atoms with van der Waals surface area (Å²) in [5.74, 6) is 6.04. The van der Waals surface area contributed by atoms with E-state index in [4.69, 9.17) is 5.84 Å². The van der Waals surface area contributed by atoms with Crippen molar-refractivity contribution in [3.8, 4) is 0 Å². The van der Waals surface area contributed by atoms with E-state index in [1.165, 1.54) is 11.7 Å². The van der Waals surface area contributed by atoms with Crippen LogP contribution in [0.15, 0.2) is 6.20 Å². The minimum Gasteiger partial charge on any atom is -0.271 e. The molecule has 1 atom stereocenters. The first-order valence-electron chi connectivity index (χ1n) is 4.57. The number of rotatable bonds is 5. The SMILES string of the molecule is CCC(CC)C(NN)c1cnsn1. The molecular weight excluding hydrogens is 184 g/mol. The standard InChI is InChI=1S/C8H16N4S/c1-3-6(4-2)8(11-9)7-5-10-13-12-7/h5-6,8,11H,3-4,9H2,1-2H3. The summed E-state index contributed by atoms with van der Waals surface area (Å²) in [5, 5.41) is 0. The molecule has 0 spiro atoms. The first-order valence-corrected chi connectivity index (χ1v) is 5.30. The Bertz CT molecular complexity index is 220. The molecule has 0 radical (unpaired) electrons. The fourth-order valence-corrected chi connectivity index (χ4v) is 1.99. The average Bonchev–Trinajstić information content (AvgIpc) is 2.66. The van der Waals surface area contributed by atoms with Crippen molar-refractivity contribution >= 4 is 11.7 Å². The molecule has 13 heavy (non-hydrogen) atoms. The number of hydrogen-bond donors (Lipinski definition) is 2. The zero-order valence-electron chi connectivity index (χ0n) is 8.03. The van der Waals surface area contributed by atoms with Gasteiger partial charge in [0.15, 0.2) is 0 Å². The molecule has 0 aliphatic rings. The quantitative estimate of drug-likeness (QED) is 0.558. The second kappa shape index (κ2) is 5.26. The largest absolute Gasteiger partial charge is 0.271 e. The fourth-order valence-electron chi connectivity index (χ4n) is 1.53. The first kappa shape index (κ1) is 10.6. The molecule has 74 valence electrons. The van der Waals surface area contributed by atoms with E-state index >= 15 is 0 Å². The molecule has 1 rings (SSSR count). The van der Waals surface area contributed by atoms with Crippen LogP contribution in [0.3, 0.4) is 0 Å². The van der Waals surface area contributed by atoms with Gasteiger partial charge in [0, 0.05) is 0 Å². The smallest absolute Gasteiger partial charge is 0.0928 e. The van der Waals surface area contributed by atoms with Gasteiger partial charge in [0.1, 0.15) is 0 Å². The third-order valence-corrected chi connectivity index (χ3v) is 2.89. The van der Waals surface area contributed by atoms with Crippen molar-refractivity contribution in [2.45, 2.75) is 32.7 Å². The highest BCUT2D eigenvalue weighted by Gasteiger charge is 2.20. The lowest BCUT2D eigenvalue weighted by Crippen LogP contribution is -2.33. The molecule has 0 aliphatic heterocycles. The lowest BCUT2D eigenvalue weighted by atomic mass is 9.93. The predicted octanol–water partition coefficient (Wildman–Crippen LogP) is 1.48. The van der Waals surface area contributed by atoms with E-state index in [9.17, 15) is 0 Å². The van der Waals surface area contributed by atoms with Gasteiger partial charge in [-0.25, -0.2) is 0 Å². The number of hydrogen-bond acceptors (Lipinski definition) is 5. The molecular formula is C8H16N4S. The Labute approximate surface area is 82.8 Å². The Morgan fingerprint density at radius 3 is 2.62 bits per heavy atom. The number of nitrogens with two attached hydrogens (primary N) is 1. The van der Waals surface area contributed by atoms with Gasteiger partial charge in [-0.15, -0.1) is 0 Å². The monoisotopic (exact) mass is 200 g/mol. The molecule has 0 aliphatic carbocycles. The lowest BCUT2D eigenvalue weighted by Gasteiger charge is -2.22. The molecule has 1 unspecified atom stereocenters. The van der Waals surface area contributed by atoms with Crippen LogP contribution >= 0.6 is 11.7 Å². The lowest BCUT2D eigenvalue weighted by molar-refractivity contribution is 0.341. The van der Waals surface area contributed by atoms with E-state index in [-0.39, 0.29) is 6.04 Å². The second-order valence-corrected chi connectivity index (χ2v) is 3.61. The Hall–Kier alpha value is -0.520. The van der Waals surface area contributed by atoms with Crippen molar-refractivity contribution in [2.24, 2.45) is 11.8 Å². The normalized spacial score (nSPS) is 13.5. The summed E-state index contributed by atoms with van der Waals surface area (Å²) < 4.78 is 8.17. The van der Waals surface area contributed by atoms with E-state index in [0.29, 0.717) is 5.92 Å². The first-order chi connectivity index (χ1) is 6.33. The van der Waals surface area contributed by atoms with E-state index in [2.05, 4.69) is 28.0 Å². The number of nitrogens with zero attached hydrogens (tertiary/aromatic N) is 2. The maximum atomic E-state index is 5.50. The molecule has 3 N–H and O–H groups in total. The third kappa shape index (κ3) is 2.46. The molecule has 4 nitrogen and oxygen atoms in total. The van der Waals surface area contributed by atoms with Crippen molar-refractivity contribution in [3.63, 3.8) is 0 Å². The van der Waals surface area contributed by atoms with Crippen LogP contribution in [0.2, 0.25) is 0 Å². The minimum atomic E-state index is 0.147. The van der Waals surface area contributed by atoms with E-state index in [0.717, 1.165) is 18.5 Å². The number of nitrogens with one attached hydrogen (secondary N) is 1. The van der Waals surface area contributed by atoms with Crippen LogP contribution in [0.1, 0.15) is 38.4 Å². The van der Waals surface area contributed by atoms with Gasteiger partial charge in [0.2, 0.25) is 0 Å². The highest BCUT2D eigenvalue weighted by atomic mass is 32.1. The number of aromatic nitrogens is 2. The molecule has 5 heteroatoms. The molecule has 0 saturated heterocycles. The van der Waals surface area contributed by atoms with Crippen LogP contribution in [0, 0.1) is 5.92 Å². The molecule has 0 bridgehead atoms. The maximum absolute atomic E-state index is 5.50. The average molecular weight is 200 g/mol. The van der Waals surface area contributed by atoms with Crippen molar-refractivity contribution in [3.05, 3.63) is 11.9 Å². The Kier molecular flexibility index (Phi) is 4.27. The van der Waals surface area contributed by atoms with Crippen LogP contribution in [-0.4, -0.2) is 8.75 Å². The highest BCUT2D eigenvalue weighted by Crippen LogP contribution is 2.25. The summed E-state index contributed by atoms with van der Waals surface area (Å²) in [5.41, 5.74) is 3.77. The zero-order valence-corrected chi connectivity index (χ0v) is 8.84. The van der Waals surface area contributed by atoms with Gasteiger partial charge in [0.25, 0.3) is 0 Å². The molecule has 0 saturated carbocycles. The van der Waals surface area contributed by atoms with Gasteiger partial charge in [-0.05, 0) is 5.92 Å². The van der Waals surface area contributed by atoms with Crippen molar-refractivity contribution in [1.82, 2.24) is 14.2 Å². The Morgan fingerprint density at radius 1 is 1.54 bits per heavy atom. The van der Waals surface area contributed by atoms with Crippen molar-refractivity contribution in [2.75, 3.05) is 0 Å². The van der Waals surface area contributed by atoms with E-state index < -0.39 is 0 Å². The summed E-state index contributed by atoms with van der Waals surface area (Å²) in [7, 11) is 0. The molecule has 1 heterocycles. The van der Waals surface area contributed by atoms with Gasteiger partial charge >= 0.3 is 0 Å². The Morgan fingerprint density at radius 2 is 2.23 bits per heavy atom. The van der Waals surface area contributed by atoms with Crippen LogP contribution in [0.4, 0.5) is 0 Å². The summed E-state index contributed by atoms with van der Waals surface area (Å²) >= 11 is 1.23. The zero-order chi connectivity index (χ0) is 9.68. The molecule has 0 fully saturated rings. The minimum absolute atomic E-state index is 0.147. The highest BCUT2D eigenvalue weighted by molar-refractivity contribution is 6.99. The fraction of sp³-hybridized carbons (Fsp3) is 0.750. The molecule has 0 aromatic carbocycles. The molecule has 0 amide bonds. The van der Waals surface area contributed by atoms with E-state index in [1.807, 2.05) is 0 Å². The maximum Gasteiger partial charge on any atom is 0.0928 e. The Balaban J connectivity index is 2.72. The van der Waals surface area contributed by atoms with Gasteiger partial charge in [-0.3, -0.25) is 11.3 Å². The molecule has 1 aromatic rings.